The van der Waals surface area contributed by atoms with Crippen molar-refractivity contribution in [3.05, 3.63) is 80.6 Å². The van der Waals surface area contributed by atoms with Crippen molar-refractivity contribution in [1.82, 2.24) is 14.6 Å². The zero-order valence-electron chi connectivity index (χ0n) is 14.9. The van der Waals surface area contributed by atoms with E-state index in [-0.39, 0.29) is 11.0 Å². The molecule has 0 aliphatic heterocycles. The highest BCUT2D eigenvalue weighted by molar-refractivity contribution is 7.15. The fourth-order valence-corrected chi connectivity index (χ4v) is 3.68. The number of hydrogen-bond donors (Lipinski definition) is 0. The highest BCUT2D eigenvalue weighted by Crippen LogP contribution is 2.25. The van der Waals surface area contributed by atoms with Crippen molar-refractivity contribution in [2.24, 2.45) is 0 Å². The van der Waals surface area contributed by atoms with Gasteiger partial charge in [0.25, 0.3) is 5.56 Å². The highest BCUT2D eigenvalue weighted by Gasteiger charge is 2.15. The maximum atomic E-state index is 12.6. The fourth-order valence-electron chi connectivity index (χ4n) is 2.78. The predicted molar refractivity (Wildman–Crippen MR) is 106 cm³/mol. The molecule has 2 aromatic carbocycles. The van der Waals surface area contributed by atoms with Crippen LogP contribution in [0.15, 0.2) is 59.4 Å². The zero-order valence-corrected chi connectivity index (χ0v) is 15.7. The second kappa shape index (κ2) is 6.18. The van der Waals surface area contributed by atoms with Crippen molar-refractivity contribution < 1.29 is 0 Å². The summed E-state index contributed by atoms with van der Waals surface area (Å²) in [6, 6.07) is 18.0. The molecule has 0 saturated heterocycles. The van der Waals surface area contributed by atoms with E-state index in [0.29, 0.717) is 15.3 Å². The lowest BCUT2D eigenvalue weighted by Gasteiger charge is -2.18. The Hall–Kier alpha value is -2.79. The van der Waals surface area contributed by atoms with E-state index in [1.54, 1.807) is 0 Å². The molecule has 0 aliphatic rings. The van der Waals surface area contributed by atoms with Crippen LogP contribution >= 0.6 is 11.3 Å². The standard InChI is InChI=1S/C21H19N3OS/c1-21(2,3)16-11-9-15(10-12-16)18-22-20-24(23-18)19(25)17(26-20)13-14-7-5-4-6-8-14/h4-13H,1-3H3. The Morgan fingerprint density at radius 2 is 1.69 bits per heavy atom. The van der Waals surface area contributed by atoms with Crippen molar-refractivity contribution in [3.63, 3.8) is 0 Å². The lowest BCUT2D eigenvalue weighted by atomic mass is 9.87. The Labute approximate surface area is 155 Å². The lowest BCUT2D eigenvalue weighted by molar-refractivity contribution is 0.590. The first-order chi connectivity index (χ1) is 12.4. The van der Waals surface area contributed by atoms with E-state index in [1.165, 1.54) is 21.4 Å². The van der Waals surface area contributed by atoms with Gasteiger partial charge in [0.2, 0.25) is 4.96 Å². The van der Waals surface area contributed by atoms with Gasteiger partial charge in [-0.2, -0.15) is 9.50 Å². The van der Waals surface area contributed by atoms with Gasteiger partial charge in [0.05, 0.1) is 4.53 Å². The van der Waals surface area contributed by atoms with Crippen molar-refractivity contribution >= 4 is 22.4 Å². The Morgan fingerprint density at radius 3 is 2.31 bits per heavy atom. The van der Waals surface area contributed by atoms with Crippen LogP contribution in [0.2, 0.25) is 0 Å². The van der Waals surface area contributed by atoms with Crippen LogP contribution in [0.1, 0.15) is 31.9 Å². The van der Waals surface area contributed by atoms with Crippen LogP contribution in [0.4, 0.5) is 0 Å². The molecule has 4 rings (SSSR count). The first-order valence-corrected chi connectivity index (χ1v) is 9.31. The molecule has 26 heavy (non-hydrogen) atoms. The van der Waals surface area contributed by atoms with Gasteiger partial charge in [-0.3, -0.25) is 4.79 Å². The van der Waals surface area contributed by atoms with Gasteiger partial charge in [0, 0.05) is 5.56 Å². The van der Waals surface area contributed by atoms with Gasteiger partial charge < -0.3 is 0 Å². The van der Waals surface area contributed by atoms with Crippen LogP contribution in [0.5, 0.6) is 0 Å². The quantitative estimate of drug-likeness (QED) is 0.547. The molecule has 0 unspecified atom stereocenters. The molecule has 0 N–H and O–H groups in total. The van der Waals surface area contributed by atoms with Crippen molar-refractivity contribution in [2.45, 2.75) is 26.2 Å². The smallest absolute Gasteiger partial charge is 0.266 e. The monoisotopic (exact) mass is 361 g/mol. The van der Waals surface area contributed by atoms with Crippen LogP contribution in [-0.2, 0) is 5.41 Å². The third-order valence-corrected chi connectivity index (χ3v) is 5.25. The van der Waals surface area contributed by atoms with E-state index in [2.05, 4.69) is 43.0 Å². The molecule has 0 aliphatic carbocycles. The molecule has 0 bridgehead atoms. The number of rotatable bonds is 2. The SMILES string of the molecule is CC(C)(C)c1ccc(-c2nc3sc(=Cc4ccccc4)c(=O)n3n2)cc1. The maximum Gasteiger partial charge on any atom is 0.291 e. The number of fused-ring (bicyclic) bond motifs is 1. The summed E-state index contributed by atoms with van der Waals surface area (Å²) in [5.74, 6) is 0.583. The summed E-state index contributed by atoms with van der Waals surface area (Å²) >= 11 is 1.36. The highest BCUT2D eigenvalue weighted by atomic mass is 32.1. The maximum absolute atomic E-state index is 12.6. The molecule has 0 radical (unpaired) electrons. The van der Waals surface area contributed by atoms with Gasteiger partial charge in [-0.1, -0.05) is 86.7 Å². The Kier molecular flexibility index (Phi) is 3.96. The van der Waals surface area contributed by atoms with Crippen molar-refractivity contribution in [3.8, 4) is 11.4 Å². The second-order valence-electron chi connectivity index (χ2n) is 7.28. The zero-order chi connectivity index (χ0) is 18.3. The van der Waals surface area contributed by atoms with Gasteiger partial charge in [-0.15, -0.1) is 5.10 Å². The van der Waals surface area contributed by atoms with Gasteiger partial charge in [0.15, 0.2) is 5.82 Å². The molecule has 0 saturated carbocycles. The van der Waals surface area contributed by atoms with Crippen LogP contribution < -0.4 is 10.1 Å². The number of thiazole rings is 1. The van der Waals surface area contributed by atoms with E-state index < -0.39 is 0 Å². The first kappa shape index (κ1) is 16.7. The van der Waals surface area contributed by atoms with E-state index in [9.17, 15) is 4.79 Å². The molecule has 0 spiro atoms. The summed E-state index contributed by atoms with van der Waals surface area (Å²) < 4.78 is 2.03. The van der Waals surface area contributed by atoms with E-state index >= 15 is 0 Å². The molecule has 2 aromatic heterocycles. The molecule has 0 amide bonds. The molecule has 0 fully saturated rings. The molecule has 2 heterocycles. The molecular formula is C21H19N3OS. The summed E-state index contributed by atoms with van der Waals surface area (Å²) in [4.78, 5) is 17.8. The Balaban J connectivity index is 1.74. The lowest BCUT2D eigenvalue weighted by Crippen LogP contribution is -2.23. The number of hydrogen-bond acceptors (Lipinski definition) is 4. The Morgan fingerprint density at radius 1 is 1.00 bits per heavy atom. The number of nitrogens with zero attached hydrogens (tertiary/aromatic N) is 3. The normalized spacial score (nSPS) is 12.8. The molecule has 130 valence electrons. The summed E-state index contributed by atoms with van der Waals surface area (Å²) in [5, 5.41) is 4.42. The summed E-state index contributed by atoms with van der Waals surface area (Å²) in [7, 11) is 0. The van der Waals surface area contributed by atoms with E-state index in [1.807, 2.05) is 48.5 Å². The molecule has 5 heteroatoms. The average Bonchev–Trinajstić information content (AvgIpc) is 3.15. The van der Waals surface area contributed by atoms with Gasteiger partial charge in [0.1, 0.15) is 0 Å². The van der Waals surface area contributed by atoms with Crippen LogP contribution in [0.25, 0.3) is 22.4 Å². The largest absolute Gasteiger partial charge is 0.291 e. The summed E-state index contributed by atoms with van der Waals surface area (Å²) in [5.41, 5.74) is 3.14. The third kappa shape index (κ3) is 3.06. The topological polar surface area (TPSA) is 47.3 Å². The number of aromatic nitrogens is 3. The minimum Gasteiger partial charge on any atom is -0.266 e. The van der Waals surface area contributed by atoms with Crippen LogP contribution in [0, 0.1) is 0 Å². The van der Waals surface area contributed by atoms with Crippen molar-refractivity contribution in [1.29, 1.82) is 0 Å². The predicted octanol–water partition coefficient (Wildman–Crippen LogP) is 3.66. The third-order valence-electron chi connectivity index (χ3n) is 4.29. The van der Waals surface area contributed by atoms with Gasteiger partial charge in [-0.25, -0.2) is 0 Å². The van der Waals surface area contributed by atoms with Crippen LogP contribution in [-0.4, -0.2) is 14.6 Å². The summed E-state index contributed by atoms with van der Waals surface area (Å²) in [6.45, 7) is 6.55. The molecule has 4 nitrogen and oxygen atoms in total. The first-order valence-electron chi connectivity index (χ1n) is 8.49. The number of benzene rings is 2. The molecule has 4 aromatic rings. The summed E-state index contributed by atoms with van der Waals surface area (Å²) in [6.07, 6.45) is 1.88. The molecule has 0 atom stereocenters. The Bertz CT molecular complexity index is 1170. The average molecular weight is 361 g/mol. The van der Waals surface area contributed by atoms with E-state index in [0.717, 1.165) is 11.1 Å². The van der Waals surface area contributed by atoms with E-state index in [4.69, 9.17) is 0 Å². The second-order valence-corrected chi connectivity index (χ2v) is 8.29. The van der Waals surface area contributed by atoms with Crippen molar-refractivity contribution in [2.75, 3.05) is 0 Å². The fraction of sp³-hybridized carbons (Fsp3) is 0.190. The van der Waals surface area contributed by atoms with Crippen LogP contribution in [0.3, 0.4) is 0 Å². The van der Waals surface area contributed by atoms with Gasteiger partial charge in [-0.05, 0) is 22.6 Å². The molecular weight excluding hydrogens is 342 g/mol. The minimum atomic E-state index is -0.126. The van der Waals surface area contributed by atoms with Gasteiger partial charge >= 0.3 is 0 Å². The minimum absolute atomic E-state index is 0.102.